The van der Waals surface area contributed by atoms with Gasteiger partial charge in [-0.25, -0.2) is 0 Å². The van der Waals surface area contributed by atoms with Gasteiger partial charge in [0.05, 0.1) is 0 Å². The molecule has 1 heterocycles. The van der Waals surface area contributed by atoms with Crippen molar-refractivity contribution in [1.29, 1.82) is 0 Å². The highest BCUT2D eigenvalue weighted by atomic mass is 16.3. The minimum absolute atomic E-state index is 0.344. The van der Waals surface area contributed by atoms with Crippen molar-refractivity contribution < 1.29 is 5.11 Å². The lowest BCUT2D eigenvalue weighted by Gasteiger charge is -2.34. The molecule has 0 radical (unpaired) electrons. The summed E-state index contributed by atoms with van der Waals surface area (Å²) in [6, 6.07) is 7.55. The largest absolute Gasteiger partial charge is 0.508 e. The van der Waals surface area contributed by atoms with Crippen molar-refractivity contribution >= 4 is 0 Å². The number of phenols is 1. The third-order valence-electron chi connectivity index (χ3n) is 3.99. The number of hydrogen-bond donors (Lipinski definition) is 2. The van der Waals surface area contributed by atoms with Crippen LogP contribution in [0.25, 0.3) is 0 Å². The number of aromatic hydroxyl groups is 1. The second kappa shape index (κ2) is 8.25. The molecule has 1 aliphatic rings. The molecule has 1 aliphatic heterocycles. The van der Waals surface area contributed by atoms with Crippen LogP contribution in [-0.2, 0) is 6.54 Å². The Labute approximate surface area is 122 Å². The first-order valence-corrected chi connectivity index (χ1v) is 7.70. The van der Waals surface area contributed by atoms with E-state index >= 15 is 0 Å². The van der Waals surface area contributed by atoms with Crippen molar-refractivity contribution in [2.45, 2.75) is 25.8 Å². The monoisotopic (exact) mass is 277 g/mol. The lowest BCUT2D eigenvalue weighted by atomic mass is 10.2. The molecule has 4 heteroatoms. The number of nitrogens with zero attached hydrogens (tertiary/aromatic N) is 2. The van der Waals surface area contributed by atoms with Gasteiger partial charge < -0.3 is 15.7 Å². The summed E-state index contributed by atoms with van der Waals surface area (Å²) in [4.78, 5) is 5.05. The highest BCUT2D eigenvalue weighted by molar-refractivity contribution is 5.25. The van der Waals surface area contributed by atoms with E-state index in [2.05, 4.69) is 9.80 Å². The van der Waals surface area contributed by atoms with Gasteiger partial charge in [-0.15, -0.1) is 0 Å². The van der Waals surface area contributed by atoms with E-state index in [9.17, 15) is 5.11 Å². The van der Waals surface area contributed by atoms with E-state index in [-0.39, 0.29) is 0 Å². The van der Waals surface area contributed by atoms with Crippen molar-refractivity contribution in [3.63, 3.8) is 0 Å². The lowest BCUT2D eigenvalue weighted by Crippen LogP contribution is -2.46. The van der Waals surface area contributed by atoms with Gasteiger partial charge in [0.2, 0.25) is 0 Å². The van der Waals surface area contributed by atoms with Gasteiger partial charge in [-0.3, -0.25) is 4.90 Å². The molecule has 0 aliphatic carbocycles. The number of unbranched alkanes of at least 4 members (excludes halogenated alkanes) is 2. The zero-order chi connectivity index (χ0) is 14.2. The van der Waals surface area contributed by atoms with Crippen LogP contribution in [0, 0.1) is 0 Å². The van der Waals surface area contributed by atoms with E-state index in [1.54, 1.807) is 12.1 Å². The third-order valence-corrected chi connectivity index (χ3v) is 3.99. The molecule has 112 valence electrons. The molecule has 0 saturated carbocycles. The molecule has 1 fully saturated rings. The predicted octanol–water partition coefficient (Wildman–Crippen LogP) is 1.64. The zero-order valence-electron chi connectivity index (χ0n) is 12.3. The minimum atomic E-state index is 0.344. The Morgan fingerprint density at radius 1 is 0.900 bits per heavy atom. The van der Waals surface area contributed by atoms with Crippen LogP contribution in [-0.4, -0.2) is 54.2 Å². The first-order chi connectivity index (χ1) is 9.78. The molecule has 2 rings (SSSR count). The SMILES string of the molecule is NCCCCCN1CCN(Cc2ccc(O)cc2)CC1. The van der Waals surface area contributed by atoms with E-state index in [0.717, 1.165) is 32.6 Å². The standard InChI is InChI=1S/C16H27N3O/c17-8-2-1-3-9-18-10-12-19(13-11-18)14-15-4-6-16(20)7-5-15/h4-7,20H,1-3,8-14,17H2. The van der Waals surface area contributed by atoms with Gasteiger partial charge in [-0.1, -0.05) is 18.6 Å². The van der Waals surface area contributed by atoms with Crippen molar-refractivity contribution in [2.75, 3.05) is 39.3 Å². The summed E-state index contributed by atoms with van der Waals surface area (Å²) in [6.07, 6.45) is 3.68. The molecule has 0 bridgehead atoms. The molecule has 0 aromatic heterocycles. The Morgan fingerprint density at radius 3 is 2.20 bits per heavy atom. The summed E-state index contributed by atoms with van der Waals surface area (Å²) in [5, 5.41) is 9.29. The Balaban J connectivity index is 1.65. The molecule has 4 nitrogen and oxygen atoms in total. The van der Waals surface area contributed by atoms with E-state index in [1.165, 1.54) is 38.0 Å². The van der Waals surface area contributed by atoms with E-state index in [4.69, 9.17) is 5.73 Å². The van der Waals surface area contributed by atoms with Crippen molar-refractivity contribution in [1.82, 2.24) is 9.80 Å². The van der Waals surface area contributed by atoms with E-state index in [1.807, 2.05) is 12.1 Å². The van der Waals surface area contributed by atoms with Crippen LogP contribution < -0.4 is 5.73 Å². The van der Waals surface area contributed by atoms with Gasteiger partial charge in [0.15, 0.2) is 0 Å². The maximum Gasteiger partial charge on any atom is 0.115 e. The van der Waals surface area contributed by atoms with Crippen LogP contribution in [0.15, 0.2) is 24.3 Å². The quantitative estimate of drug-likeness (QED) is 0.744. The molecule has 1 saturated heterocycles. The maximum atomic E-state index is 9.29. The van der Waals surface area contributed by atoms with Crippen molar-refractivity contribution in [3.05, 3.63) is 29.8 Å². The molecule has 0 unspecified atom stereocenters. The number of hydrogen-bond acceptors (Lipinski definition) is 4. The summed E-state index contributed by atoms with van der Waals surface area (Å²) in [7, 11) is 0. The fraction of sp³-hybridized carbons (Fsp3) is 0.625. The van der Waals surface area contributed by atoms with Crippen LogP contribution in [0.5, 0.6) is 5.75 Å². The molecule has 1 aromatic carbocycles. The highest BCUT2D eigenvalue weighted by Gasteiger charge is 2.16. The summed E-state index contributed by atoms with van der Waals surface area (Å²) in [5.41, 5.74) is 6.79. The summed E-state index contributed by atoms with van der Waals surface area (Å²) >= 11 is 0. The van der Waals surface area contributed by atoms with Crippen LogP contribution in [0.1, 0.15) is 24.8 Å². The Hall–Kier alpha value is -1.10. The second-order valence-electron chi connectivity index (χ2n) is 5.63. The average molecular weight is 277 g/mol. The van der Waals surface area contributed by atoms with Gasteiger partial charge in [0.25, 0.3) is 0 Å². The number of phenolic OH excluding ortho intramolecular Hbond substituents is 1. The number of benzene rings is 1. The Kier molecular flexibility index (Phi) is 6.30. The lowest BCUT2D eigenvalue weighted by molar-refractivity contribution is 0.125. The smallest absolute Gasteiger partial charge is 0.115 e. The molecule has 3 N–H and O–H groups in total. The van der Waals surface area contributed by atoms with Crippen LogP contribution >= 0.6 is 0 Å². The van der Waals surface area contributed by atoms with E-state index < -0.39 is 0 Å². The van der Waals surface area contributed by atoms with Crippen LogP contribution in [0.4, 0.5) is 0 Å². The topological polar surface area (TPSA) is 52.7 Å². The van der Waals surface area contributed by atoms with Gasteiger partial charge >= 0.3 is 0 Å². The first-order valence-electron chi connectivity index (χ1n) is 7.70. The first kappa shape index (κ1) is 15.3. The summed E-state index contributed by atoms with van der Waals surface area (Å²) in [5.74, 6) is 0.344. The van der Waals surface area contributed by atoms with Crippen molar-refractivity contribution in [3.8, 4) is 5.75 Å². The second-order valence-corrected chi connectivity index (χ2v) is 5.63. The van der Waals surface area contributed by atoms with Crippen molar-refractivity contribution in [2.24, 2.45) is 5.73 Å². The normalized spacial score (nSPS) is 17.4. The molecular formula is C16H27N3O. The number of nitrogens with two attached hydrogens (primary N) is 1. The minimum Gasteiger partial charge on any atom is -0.508 e. The fourth-order valence-electron chi connectivity index (χ4n) is 2.69. The molecule has 1 aromatic rings. The summed E-state index contributed by atoms with van der Waals surface area (Å²) < 4.78 is 0. The molecular weight excluding hydrogens is 250 g/mol. The van der Waals surface area contributed by atoms with Gasteiger partial charge in [-0.2, -0.15) is 0 Å². The molecule has 20 heavy (non-hydrogen) atoms. The van der Waals surface area contributed by atoms with E-state index in [0.29, 0.717) is 5.75 Å². The number of rotatable bonds is 7. The molecule has 0 spiro atoms. The van der Waals surface area contributed by atoms with Gasteiger partial charge in [-0.05, 0) is 43.6 Å². The van der Waals surface area contributed by atoms with Gasteiger partial charge in [0.1, 0.15) is 5.75 Å². The Morgan fingerprint density at radius 2 is 1.55 bits per heavy atom. The molecule has 0 atom stereocenters. The fourth-order valence-corrected chi connectivity index (χ4v) is 2.69. The summed E-state index contributed by atoms with van der Waals surface area (Å²) in [6.45, 7) is 7.63. The number of piperazine rings is 1. The average Bonchev–Trinajstić information content (AvgIpc) is 2.48. The zero-order valence-corrected chi connectivity index (χ0v) is 12.3. The maximum absolute atomic E-state index is 9.29. The Bertz CT molecular complexity index is 372. The third kappa shape index (κ3) is 5.12. The predicted molar refractivity (Wildman–Crippen MR) is 82.7 cm³/mol. The van der Waals surface area contributed by atoms with Crippen LogP contribution in [0.3, 0.4) is 0 Å². The van der Waals surface area contributed by atoms with Gasteiger partial charge in [0, 0.05) is 32.7 Å². The highest BCUT2D eigenvalue weighted by Crippen LogP contribution is 2.13. The van der Waals surface area contributed by atoms with Crippen LogP contribution in [0.2, 0.25) is 0 Å². The molecule has 0 amide bonds.